The number of carbonyl (C=O) groups is 2. The second-order valence-electron chi connectivity index (χ2n) is 7.94. The summed E-state index contributed by atoms with van der Waals surface area (Å²) in [7, 11) is 0. The van der Waals surface area contributed by atoms with Gasteiger partial charge in [-0.25, -0.2) is 4.39 Å². The number of hydrogen-bond acceptors (Lipinski definition) is 2. The number of nitrogens with one attached hydrogen (secondary N) is 1. The van der Waals surface area contributed by atoms with Crippen LogP contribution in [0.4, 0.5) is 4.39 Å². The maximum absolute atomic E-state index is 13.1. The highest BCUT2D eigenvalue weighted by Crippen LogP contribution is 2.46. The maximum atomic E-state index is 13.1. The first-order valence-electron chi connectivity index (χ1n) is 10.2. The van der Waals surface area contributed by atoms with Gasteiger partial charge in [0.2, 0.25) is 5.91 Å². The fraction of sp³-hybridized carbons (Fsp3) is 0.636. The first kappa shape index (κ1) is 19.1. The van der Waals surface area contributed by atoms with E-state index in [1.807, 2.05) is 6.07 Å². The molecule has 0 aromatic heterocycles. The van der Waals surface area contributed by atoms with Crippen molar-refractivity contribution in [2.45, 2.75) is 64.2 Å². The van der Waals surface area contributed by atoms with Crippen LogP contribution in [0.1, 0.15) is 63.4 Å². The molecule has 3 rings (SSSR count). The molecule has 2 aliphatic rings. The van der Waals surface area contributed by atoms with E-state index in [4.69, 9.17) is 0 Å². The monoisotopic (exact) mass is 359 g/mol. The molecular weight excluding hydrogens is 329 g/mol. The molecule has 0 heterocycles. The van der Waals surface area contributed by atoms with Crippen LogP contribution in [0, 0.1) is 23.6 Å². The number of carbonyl (C=O) groups excluding carboxylic acids is 2. The molecule has 3 nitrogen and oxygen atoms in total. The highest BCUT2D eigenvalue weighted by atomic mass is 19.1. The van der Waals surface area contributed by atoms with E-state index in [0.29, 0.717) is 43.9 Å². The summed E-state index contributed by atoms with van der Waals surface area (Å²) >= 11 is 0. The molecule has 1 N–H and O–H groups in total. The van der Waals surface area contributed by atoms with Gasteiger partial charge in [0.25, 0.3) is 0 Å². The zero-order chi connectivity index (χ0) is 18.4. The van der Waals surface area contributed by atoms with Crippen molar-refractivity contribution in [3.63, 3.8) is 0 Å². The maximum Gasteiger partial charge on any atom is 0.220 e. The fourth-order valence-electron chi connectivity index (χ4n) is 4.87. The second-order valence-corrected chi connectivity index (χ2v) is 7.94. The van der Waals surface area contributed by atoms with Crippen LogP contribution in [0.5, 0.6) is 0 Å². The van der Waals surface area contributed by atoms with Crippen molar-refractivity contribution in [2.75, 3.05) is 6.54 Å². The van der Waals surface area contributed by atoms with Crippen molar-refractivity contribution < 1.29 is 14.0 Å². The number of hydrogen-bond donors (Lipinski definition) is 1. The van der Waals surface area contributed by atoms with E-state index < -0.39 is 0 Å². The quantitative estimate of drug-likeness (QED) is 0.746. The van der Waals surface area contributed by atoms with E-state index in [1.54, 1.807) is 6.07 Å². The van der Waals surface area contributed by atoms with Crippen LogP contribution < -0.4 is 5.32 Å². The van der Waals surface area contributed by atoms with Crippen LogP contribution in [-0.4, -0.2) is 18.2 Å². The van der Waals surface area contributed by atoms with Crippen molar-refractivity contribution >= 4 is 11.7 Å². The molecule has 0 spiro atoms. The molecule has 2 aliphatic carbocycles. The van der Waals surface area contributed by atoms with Crippen LogP contribution in [0.2, 0.25) is 0 Å². The minimum absolute atomic E-state index is 0.0174. The van der Waals surface area contributed by atoms with Gasteiger partial charge < -0.3 is 5.32 Å². The number of halogens is 1. The summed E-state index contributed by atoms with van der Waals surface area (Å²) in [6, 6.07) is 6.44. The van der Waals surface area contributed by atoms with Gasteiger partial charge in [-0.2, -0.15) is 0 Å². The minimum Gasteiger partial charge on any atom is -0.356 e. The Kier molecular flexibility index (Phi) is 6.81. The molecule has 4 heteroatoms. The van der Waals surface area contributed by atoms with Gasteiger partial charge in [-0.3, -0.25) is 9.59 Å². The molecule has 3 atom stereocenters. The normalized spacial score (nSPS) is 24.9. The molecule has 2 saturated carbocycles. The predicted molar refractivity (Wildman–Crippen MR) is 100 cm³/mol. The largest absolute Gasteiger partial charge is 0.356 e. The molecule has 1 amide bonds. The summed E-state index contributed by atoms with van der Waals surface area (Å²) < 4.78 is 13.1. The van der Waals surface area contributed by atoms with Crippen LogP contribution in [0.3, 0.4) is 0 Å². The van der Waals surface area contributed by atoms with Crippen LogP contribution in [0.15, 0.2) is 24.3 Å². The molecular formula is C22H30FNO2. The van der Waals surface area contributed by atoms with Gasteiger partial charge in [0, 0.05) is 25.3 Å². The zero-order valence-electron chi connectivity index (χ0n) is 15.5. The van der Waals surface area contributed by atoms with Crippen LogP contribution in [-0.2, 0) is 16.0 Å². The third-order valence-corrected chi connectivity index (χ3v) is 6.20. The first-order valence-corrected chi connectivity index (χ1v) is 10.2. The van der Waals surface area contributed by atoms with E-state index in [0.717, 1.165) is 17.9 Å². The summed E-state index contributed by atoms with van der Waals surface area (Å²) in [5.74, 6) is 1.78. The first-order chi connectivity index (χ1) is 12.6. The Labute approximate surface area is 155 Å². The Morgan fingerprint density at radius 2 is 1.92 bits per heavy atom. The summed E-state index contributed by atoms with van der Waals surface area (Å²) in [4.78, 5) is 24.5. The molecule has 0 aliphatic heterocycles. The number of amides is 1. The van der Waals surface area contributed by atoms with E-state index in [1.165, 1.54) is 44.2 Å². The Morgan fingerprint density at radius 1 is 1.08 bits per heavy atom. The van der Waals surface area contributed by atoms with Crippen molar-refractivity contribution in [1.82, 2.24) is 5.32 Å². The summed E-state index contributed by atoms with van der Waals surface area (Å²) in [5.41, 5.74) is 0.878. The van der Waals surface area contributed by atoms with Gasteiger partial charge in [0.15, 0.2) is 0 Å². The van der Waals surface area contributed by atoms with E-state index in [-0.39, 0.29) is 17.6 Å². The van der Waals surface area contributed by atoms with Crippen molar-refractivity contribution in [1.29, 1.82) is 0 Å². The molecule has 1 aromatic rings. The number of Topliss-reactive ketones (excluding diaryl/α,β-unsaturated/α-hetero) is 1. The van der Waals surface area contributed by atoms with Gasteiger partial charge in [-0.05, 0) is 61.6 Å². The van der Waals surface area contributed by atoms with Crippen LogP contribution in [0.25, 0.3) is 0 Å². The third kappa shape index (κ3) is 5.15. The fourth-order valence-corrected chi connectivity index (χ4v) is 4.87. The summed E-state index contributed by atoms with van der Waals surface area (Å²) in [6.07, 6.45) is 9.61. The molecule has 2 fully saturated rings. The summed E-state index contributed by atoms with van der Waals surface area (Å²) in [5, 5.41) is 2.87. The summed E-state index contributed by atoms with van der Waals surface area (Å²) in [6.45, 7) is 0.503. The lowest BCUT2D eigenvalue weighted by Gasteiger charge is -2.28. The van der Waals surface area contributed by atoms with Gasteiger partial charge in [0.1, 0.15) is 11.6 Å². The lowest BCUT2D eigenvalue weighted by Crippen LogP contribution is -2.27. The van der Waals surface area contributed by atoms with Crippen molar-refractivity contribution in [3.8, 4) is 0 Å². The molecule has 142 valence electrons. The van der Waals surface area contributed by atoms with Crippen molar-refractivity contribution in [2.24, 2.45) is 17.8 Å². The smallest absolute Gasteiger partial charge is 0.220 e. The number of fused-ring (bicyclic) bond motifs is 1. The molecule has 3 unspecified atom stereocenters. The minimum atomic E-state index is -0.251. The molecule has 0 bridgehead atoms. The second kappa shape index (κ2) is 9.29. The van der Waals surface area contributed by atoms with Gasteiger partial charge in [0.05, 0.1) is 0 Å². The Balaban J connectivity index is 1.31. The van der Waals surface area contributed by atoms with E-state index >= 15 is 0 Å². The van der Waals surface area contributed by atoms with E-state index in [9.17, 15) is 14.0 Å². The van der Waals surface area contributed by atoms with Crippen LogP contribution >= 0.6 is 0 Å². The van der Waals surface area contributed by atoms with Crippen molar-refractivity contribution in [3.05, 3.63) is 35.6 Å². The van der Waals surface area contributed by atoms with Gasteiger partial charge >= 0.3 is 0 Å². The lowest BCUT2D eigenvalue weighted by molar-refractivity contribution is -0.125. The SMILES string of the molecule is O=C(CCCC(=O)C1CCC2CCCCC21)NCCc1cccc(F)c1. The number of ketones is 1. The van der Waals surface area contributed by atoms with Gasteiger partial charge in [-0.1, -0.05) is 31.4 Å². The average molecular weight is 359 g/mol. The molecule has 1 aromatic carbocycles. The number of rotatable bonds is 8. The topological polar surface area (TPSA) is 46.2 Å². The lowest BCUT2D eigenvalue weighted by atomic mass is 9.76. The van der Waals surface area contributed by atoms with E-state index in [2.05, 4.69) is 5.32 Å². The standard InChI is InChI=1S/C22H30FNO2/c23-18-7-3-5-16(15-18)13-14-24-22(26)10-4-9-21(25)20-12-11-17-6-1-2-8-19(17)20/h3,5,7,15,17,19-20H,1-2,4,6,8-14H2,(H,24,26). The Bertz CT molecular complexity index is 630. The highest BCUT2D eigenvalue weighted by molar-refractivity contribution is 5.82. The Morgan fingerprint density at radius 3 is 2.77 bits per heavy atom. The average Bonchev–Trinajstić information content (AvgIpc) is 3.06. The molecule has 0 radical (unpaired) electrons. The third-order valence-electron chi connectivity index (χ3n) is 6.20. The Hall–Kier alpha value is -1.71. The predicted octanol–water partition coefficient (Wildman–Crippen LogP) is 4.44. The zero-order valence-corrected chi connectivity index (χ0v) is 15.5. The molecule has 0 saturated heterocycles. The highest BCUT2D eigenvalue weighted by Gasteiger charge is 2.40. The number of benzene rings is 1. The van der Waals surface area contributed by atoms with Gasteiger partial charge in [-0.15, -0.1) is 0 Å². The molecule has 26 heavy (non-hydrogen) atoms.